The van der Waals surface area contributed by atoms with E-state index < -0.39 is 41.1 Å². The Labute approximate surface area is 300 Å². The van der Waals surface area contributed by atoms with Crippen LogP contribution in [0.15, 0.2) is 70.5 Å². The molecule has 0 aliphatic heterocycles. The molecule has 49 heavy (non-hydrogen) atoms. The van der Waals surface area contributed by atoms with Crippen molar-refractivity contribution in [2.45, 2.75) is 81.6 Å². The summed E-state index contributed by atoms with van der Waals surface area (Å²) >= 11 is 1.85. The van der Waals surface area contributed by atoms with E-state index >= 15 is 0 Å². The van der Waals surface area contributed by atoms with E-state index in [1.54, 1.807) is 42.0 Å². The Morgan fingerprint density at radius 3 is 1.51 bits per heavy atom. The zero-order valence-corrected chi connectivity index (χ0v) is 29.0. The Morgan fingerprint density at radius 2 is 1.24 bits per heavy atom. The molecule has 0 aliphatic carbocycles. The maximum atomic E-state index is 12.0. The number of rotatable bonds is 8. The first-order valence-corrected chi connectivity index (χ1v) is 17.0. The molecule has 0 amide bonds. The molecule has 0 fully saturated rings. The first-order valence-electron chi connectivity index (χ1n) is 12.2. The van der Waals surface area contributed by atoms with Gasteiger partial charge in [-0.05, 0) is 37.1 Å². The topological polar surface area (TPSA) is 109 Å². The second kappa shape index (κ2) is 37.2. The Hall–Kier alpha value is -2.01. The van der Waals surface area contributed by atoms with Gasteiger partial charge in [-0.2, -0.15) is 17.9 Å². The molecule has 0 bridgehead atoms. The number of aldehydes is 1. The van der Waals surface area contributed by atoms with Crippen LogP contribution in [0, 0.1) is 13.3 Å². The van der Waals surface area contributed by atoms with Crippen LogP contribution < -0.4 is 0 Å². The Balaban J connectivity index is -0.000000126. The van der Waals surface area contributed by atoms with E-state index in [0.717, 1.165) is 53.1 Å². The van der Waals surface area contributed by atoms with Gasteiger partial charge in [0.25, 0.3) is 0 Å². The van der Waals surface area contributed by atoms with E-state index in [2.05, 4.69) is 38.2 Å². The monoisotopic (exact) mass is 849 g/mol. The number of alkyl halides is 9. The zero-order valence-electron chi connectivity index (χ0n) is 24.9. The molecule has 0 saturated heterocycles. The number of carbonyl (C=O) groups excluding carboxylic acids is 2. The van der Waals surface area contributed by atoms with Crippen LogP contribution in [0.25, 0.3) is 0 Å². The number of hydrogen-bond donors (Lipinski definition) is 0. The summed E-state index contributed by atoms with van der Waals surface area (Å²) in [5, 5.41) is 0. The molecule has 2 atom stereocenters. The summed E-state index contributed by atoms with van der Waals surface area (Å²) < 4.78 is 132. The number of halogens is 11. The van der Waals surface area contributed by atoms with Gasteiger partial charge in [0.05, 0.1) is 10.8 Å². The average Bonchev–Trinajstić information content (AvgIpc) is 3.02. The number of ether oxygens (including phenoxy) is 2. The predicted octanol–water partition coefficient (Wildman–Crippen LogP) is 10.4. The van der Waals surface area contributed by atoms with Crippen molar-refractivity contribution in [3.8, 4) is 0 Å². The number of carbonyl (C=O) groups is 2. The third kappa shape index (κ3) is 46.0. The molecule has 0 heterocycles. The van der Waals surface area contributed by atoms with Crippen molar-refractivity contribution in [3.05, 3.63) is 74.0 Å². The summed E-state index contributed by atoms with van der Waals surface area (Å²) in [6.07, 6.45) is -13.4. The van der Waals surface area contributed by atoms with Gasteiger partial charge in [0, 0.05) is 22.0 Å². The van der Waals surface area contributed by atoms with E-state index in [0.29, 0.717) is 12.8 Å². The van der Waals surface area contributed by atoms with Crippen LogP contribution in [0.5, 0.6) is 0 Å². The Bertz CT molecular complexity index is 1090. The van der Waals surface area contributed by atoms with Crippen LogP contribution in [0.3, 0.4) is 0 Å². The van der Waals surface area contributed by atoms with Crippen molar-refractivity contribution in [2.24, 2.45) is 0 Å². The van der Waals surface area contributed by atoms with Crippen LogP contribution >= 0.6 is 32.0 Å². The van der Waals surface area contributed by atoms with Crippen LogP contribution in [-0.4, -0.2) is 46.6 Å². The zero-order chi connectivity index (χ0) is 38.8. The number of hydrogen-bond acceptors (Lipinski definition) is 6. The summed E-state index contributed by atoms with van der Waals surface area (Å²) in [4.78, 5) is 21.5. The molecule has 0 aliphatic rings. The fourth-order valence-electron chi connectivity index (χ4n) is 2.03. The minimum atomic E-state index is -5.64. The molecule has 2 unspecified atom stereocenters. The van der Waals surface area contributed by atoms with Crippen LogP contribution in [0.4, 0.5) is 39.5 Å². The number of esters is 1. The molecule has 287 valence electrons. The second-order valence-corrected chi connectivity index (χ2v) is 11.5. The normalized spacial score (nSPS) is 11.1. The second-order valence-electron chi connectivity index (χ2n) is 7.15. The van der Waals surface area contributed by atoms with Crippen LogP contribution in [0.2, 0.25) is 0 Å². The Kier molecular flexibility index (Phi) is 45.0. The molecular formula is C28H33Cl2CuF9O7S2. The average molecular weight is 851 g/mol. The quantitative estimate of drug-likeness (QED) is 0.0382. The molecule has 0 aromatic heterocycles. The van der Waals surface area contributed by atoms with Crippen molar-refractivity contribution >= 4 is 55.0 Å². The first kappa shape index (κ1) is 59.2. The van der Waals surface area contributed by atoms with Gasteiger partial charge in [0.15, 0.2) is 5.44 Å². The van der Waals surface area contributed by atoms with Gasteiger partial charge < -0.3 is 9.53 Å². The van der Waals surface area contributed by atoms with Gasteiger partial charge >= 0.3 is 80.8 Å². The summed E-state index contributed by atoms with van der Waals surface area (Å²) in [5.74, 6) is -1.38. The van der Waals surface area contributed by atoms with E-state index in [9.17, 15) is 53.3 Å². The minimum absolute atomic E-state index is 0. The molecule has 0 saturated carbocycles. The number of thioether (sulfide) groups is 1. The van der Waals surface area contributed by atoms with Gasteiger partial charge in [-0.1, -0.05) is 76.4 Å². The molecule has 0 radical (unpaired) electrons. The first-order chi connectivity index (χ1) is 22.3. The summed E-state index contributed by atoms with van der Waals surface area (Å²) in [5.41, 5.74) is -0.827. The molecule has 0 spiro atoms. The van der Waals surface area contributed by atoms with Crippen molar-refractivity contribution in [1.82, 2.24) is 0 Å². The third-order valence-corrected chi connectivity index (χ3v) is 6.42. The molecule has 2 aromatic carbocycles. The van der Waals surface area contributed by atoms with Crippen LogP contribution in [0.1, 0.15) is 47.5 Å². The van der Waals surface area contributed by atoms with Crippen molar-refractivity contribution < 1.29 is 85.2 Å². The van der Waals surface area contributed by atoms with Crippen LogP contribution in [-0.2, 0) is 52.3 Å². The van der Waals surface area contributed by atoms with E-state index in [4.69, 9.17) is 9.30 Å². The molecule has 21 heteroatoms. The van der Waals surface area contributed by atoms with Gasteiger partial charge in [-0.15, -0.1) is 26.3 Å². The molecule has 2 rings (SSSR count). The van der Waals surface area contributed by atoms with Gasteiger partial charge in [-0.3, -0.25) is 4.21 Å². The fourth-order valence-corrected chi connectivity index (χ4v) is 4.02. The van der Waals surface area contributed by atoms with Crippen molar-refractivity contribution in [1.29, 1.82) is 0 Å². The summed E-state index contributed by atoms with van der Waals surface area (Å²) in [6.45, 7) is 14.5. The molecular weight excluding hydrogens is 818 g/mol. The Morgan fingerprint density at radius 1 is 0.878 bits per heavy atom. The molecule has 7 nitrogen and oxygen atoms in total. The summed E-state index contributed by atoms with van der Waals surface area (Å²) in [6, 6.07) is 18.4. The van der Waals surface area contributed by atoms with Crippen molar-refractivity contribution in [3.63, 3.8) is 0 Å². The van der Waals surface area contributed by atoms with Gasteiger partial charge in [-0.25, -0.2) is 4.79 Å². The molecule has 2 aromatic rings. The van der Waals surface area contributed by atoms with Gasteiger partial charge in [0.2, 0.25) is 0 Å². The summed E-state index contributed by atoms with van der Waals surface area (Å²) in [7, 11) is 8.56. The molecule has 0 N–H and O–H groups in total. The third-order valence-electron chi connectivity index (χ3n) is 3.61. The fraction of sp³-hybridized carbons (Fsp3) is 0.429. The predicted molar refractivity (Wildman–Crippen MR) is 162 cm³/mol. The van der Waals surface area contributed by atoms with Crippen molar-refractivity contribution in [2.75, 3.05) is 5.75 Å². The number of benzene rings is 2. The van der Waals surface area contributed by atoms with E-state index in [-0.39, 0.29) is 7.43 Å². The maximum absolute atomic E-state index is 12.0. The van der Waals surface area contributed by atoms with E-state index in [1.165, 1.54) is 0 Å². The SMILES string of the molecule is C.CCC(OC(=O)C(F)(F)F)Sc1ccccc1.CCC=O.CCCS(=O)c1ccccc1.FC(F)(F)OC(F)(F)F.[C-]#[O+].[C-]#[O+].[Cl][Cu][Cl]. The van der Waals surface area contributed by atoms with E-state index in [1.807, 2.05) is 44.2 Å². The standard InChI is InChI=1S/C11H11F3O2S.C9H12OS.C3H6O.C2F6O.2CO.CH4.2ClH.Cu/c1-2-9(16-10(15)11(12,13)14)17-8-6-4-3-5-7-8;1-2-8-11(10)9-6-4-3-5-7-9;1-2-3-4;3-1(4,5)9-2(6,7)8;2*1-2;;;;/h3-7,9H,2H2,1H3;3-7H,2,8H2,1H3;3H,2H2,1H3;;;;1H4;2*1H;/q;;;;;;;;;+2/p-2. The van der Waals surface area contributed by atoms with Gasteiger partial charge in [0.1, 0.15) is 6.29 Å².